The molecule has 0 saturated carbocycles. The third-order valence-electron chi connectivity index (χ3n) is 3.94. The van der Waals surface area contributed by atoms with Crippen LogP contribution in [0.2, 0.25) is 0 Å². The summed E-state index contributed by atoms with van der Waals surface area (Å²) in [7, 11) is -4.61. The van der Waals surface area contributed by atoms with Gasteiger partial charge in [-0.05, 0) is 25.7 Å². The highest BCUT2D eigenvalue weighted by molar-refractivity contribution is 6.46. The summed E-state index contributed by atoms with van der Waals surface area (Å²) in [5.41, 5.74) is 0. The zero-order valence-corrected chi connectivity index (χ0v) is 16.2. The van der Waals surface area contributed by atoms with E-state index in [4.69, 9.17) is 19.2 Å². The van der Waals surface area contributed by atoms with Crippen molar-refractivity contribution in [3.8, 4) is 0 Å². The van der Waals surface area contributed by atoms with Crippen molar-refractivity contribution in [1.82, 2.24) is 0 Å². The standard InChI is InChI=1S/C16H36N.H4O4Si/c1-5-9-13-17(14-10-6-2,15-11-7-3)16-12-8-4;1-5(2,3)4/h5-16H2,1-4H3;1-4H/q+1;. The Morgan fingerprint density at radius 3 is 0.864 bits per heavy atom. The number of quaternary nitrogens is 1. The summed E-state index contributed by atoms with van der Waals surface area (Å²) < 4.78 is 1.42. The molecule has 0 aromatic carbocycles. The van der Waals surface area contributed by atoms with Gasteiger partial charge in [-0.15, -0.1) is 0 Å². The number of rotatable bonds is 12. The van der Waals surface area contributed by atoms with E-state index in [2.05, 4.69) is 27.7 Å². The van der Waals surface area contributed by atoms with Crippen LogP contribution in [0.1, 0.15) is 79.1 Å². The maximum absolute atomic E-state index is 7.33. The molecule has 0 aliphatic rings. The van der Waals surface area contributed by atoms with Gasteiger partial charge in [0.1, 0.15) is 0 Å². The summed E-state index contributed by atoms with van der Waals surface area (Å²) in [6.45, 7) is 15.0. The van der Waals surface area contributed by atoms with E-state index in [1.165, 1.54) is 82.0 Å². The van der Waals surface area contributed by atoms with Crippen LogP contribution in [0.15, 0.2) is 0 Å². The zero-order chi connectivity index (χ0) is 17.5. The summed E-state index contributed by atoms with van der Waals surface area (Å²) in [6, 6.07) is 0. The van der Waals surface area contributed by atoms with Crippen molar-refractivity contribution in [1.29, 1.82) is 0 Å². The molecule has 22 heavy (non-hydrogen) atoms. The molecule has 0 bridgehead atoms. The molecule has 0 aromatic heterocycles. The predicted octanol–water partition coefficient (Wildman–Crippen LogP) is 2.39. The second-order valence-corrected chi connectivity index (χ2v) is 7.45. The summed E-state index contributed by atoms with van der Waals surface area (Å²) in [5.74, 6) is 0. The fourth-order valence-corrected chi connectivity index (χ4v) is 2.64. The van der Waals surface area contributed by atoms with Gasteiger partial charge in [-0.25, -0.2) is 0 Å². The second kappa shape index (κ2) is 14.6. The van der Waals surface area contributed by atoms with Crippen molar-refractivity contribution < 1.29 is 23.7 Å². The van der Waals surface area contributed by atoms with Crippen molar-refractivity contribution in [2.24, 2.45) is 0 Å². The smallest absolute Gasteiger partial charge is 0.368 e. The van der Waals surface area contributed by atoms with Crippen LogP contribution in [0.3, 0.4) is 0 Å². The van der Waals surface area contributed by atoms with Crippen molar-refractivity contribution in [2.45, 2.75) is 79.1 Å². The van der Waals surface area contributed by atoms with Crippen LogP contribution in [-0.4, -0.2) is 58.9 Å². The van der Waals surface area contributed by atoms with E-state index in [-0.39, 0.29) is 0 Å². The summed E-state index contributed by atoms with van der Waals surface area (Å²) in [5, 5.41) is 0. The Morgan fingerprint density at radius 1 is 0.545 bits per heavy atom. The predicted molar refractivity (Wildman–Crippen MR) is 94.0 cm³/mol. The minimum atomic E-state index is -4.61. The molecule has 0 spiro atoms. The maximum Gasteiger partial charge on any atom is 0.668 e. The van der Waals surface area contributed by atoms with Gasteiger partial charge in [0.25, 0.3) is 0 Å². The SMILES string of the molecule is CCCC[N+](CCCC)(CCCC)CCCC.O[Si](O)(O)O. The van der Waals surface area contributed by atoms with Crippen LogP contribution in [0.25, 0.3) is 0 Å². The van der Waals surface area contributed by atoms with E-state index in [1.54, 1.807) is 0 Å². The minimum absolute atomic E-state index is 1.35. The van der Waals surface area contributed by atoms with Gasteiger partial charge in [0.05, 0.1) is 26.2 Å². The molecule has 0 unspecified atom stereocenters. The average Bonchev–Trinajstić information content (AvgIpc) is 2.44. The number of hydrogen-bond acceptors (Lipinski definition) is 4. The second-order valence-electron chi connectivity index (χ2n) is 6.25. The van der Waals surface area contributed by atoms with E-state index < -0.39 is 9.05 Å². The van der Waals surface area contributed by atoms with Crippen LogP contribution in [0.5, 0.6) is 0 Å². The molecule has 0 aromatic rings. The van der Waals surface area contributed by atoms with Crippen molar-refractivity contribution >= 4 is 9.05 Å². The monoisotopic (exact) mass is 338 g/mol. The molecular formula is C16H40NO4Si+. The first-order valence-corrected chi connectivity index (χ1v) is 10.8. The lowest BCUT2D eigenvalue weighted by Gasteiger charge is -2.39. The van der Waals surface area contributed by atoms with Gasteiger partial charge in [0.2, 0.25) is 0 Å². The van der Waals surface area contributed by atoms with Gasteiger partial charge in [0, 0.05) is 0 Å². The Labute approximate surface area is 138 Å². The van der Waals surface area contributed by atoms with Crippen molar-refractivity contribution in [3.63, 3.8) is 0 Å². The van der Waals surface area contributed by atoms with Crippen LogP contribution in [0, 0.1) is 0 Å². The molecule has 0 fully saturated rings. The number of unbranched alkanes of at least 4 members (excludes halogenated alkanes) is 4. The van der Waals surface area contributed by atoms with Gasteiger partial charge in [0.15, 0.2) is 0 Å². The van der Waals surface area contributed by atoms with Gasteiger partial charge in [-0.3, -0.25) is 0 Å². The fraction of sp³-hybridized carbons (Fsp3) is 1.00. The lowest BCUT2D eigenvalue weighted by molar-refractivity contribution is -0.929. The van der Waals surface area contributed by atoms with Gasteiger partial charge in [-0.2, -0.15) is 0 Å². The molecule has 0 atom stereocenters. The lowest BCUT2D eigenvalue weighted by atomic mass is 10.1. The fourth-order valence-electron chi connectivity index (χ4n) is 2.64. The van der Waals surface area contributed by atoms with E-state index in [0.717, 1.165) is 0 Å². The summed E-state index contributed by atoms with van der Waals surface area (Å²) in [4.78, 5) is 29.3. The first kappa shape index (κ1) is 24.3. The van der Waals surface area contributed by atoms with E-state index in [0.29, 0.717) is 0 Å². The molecule has 0 rings (SSSR count). The Bertz CT molecular complexity index is 191. The molecule has 0 amide bonds. The highest BCUT2D eigenvalue weighted by Crippen LogP contribution is 2.16. The topological polar surface area (TPSA) is 80.9 Å². The van der Waals surface area contributed by atoms with E-state index in [1.807, 2.05) is 0 Å². The Balaban J connectivity index is 0. The van der Waals surface area contributed by atoms with Crippen molar-refractivity contribution in [3.05, 3.63) is 0 Å². The first-order valence-electron chi connectivity index (χ1n) is 8.99. The minimum Gasteiger partial charge on any atom is -0.368 e. The third-order valence-corrected chi connectivity index (χ3v) is 3.94. The Morgan fingerprint density at radius 2 is 0.727 bits per heavy atom. The summed E-state index contributed by atoms with van der Waals surface area (Å²) >= 11 is 0. The highest BCUT2D eigenvalue weighted by Gasteiger charge is 2.24. The van der Waals surface area contributed by atoms with Crippen LogP contribution in [0.4, 0.5) is 0 Å². The Kier molecular flexibility index (Phi) is 16.1. The summed E-state index contributed by atoms with van der Waals surface area (Å²) in [6.07, 6.45) is 11.1. The van der Waals surface area contributed by atoms with Gasteiger partial charge in [-0.1, -0.05) is 53.4 Å². The lowest BCUT2D eigenvalue weighted by Crippen LogP contribution is -2.50. The van der Waals surface area contributed by atoms with Gasteiger partial charge < -0.3 is 23.7 Å². The molecule has 0 saturated heterocycles. The molecule has 136 valence electrons. The largest absolute Gasteiger partial charge is 0.668 e. The van der Waals surface area contributed by atoms with E-state index >= 15 is 0 Å². The molecule has 0 aliphatic carbocycles. The molecule has 0 aliphatic heterocycles. The van der Waals surface area contributed by atoms with Crippen LogP contribution >= 0.6 is 0 Å². The van der Waals surface area contributed by atoms with Gasteiger partial charge >= 0.3 is 9.05 Å². The Hall–Kier alpha value is 0.0169. The number of hydrogen-bond donors (Lipinski definition) is 4. The normalized spacial score (nSPS) is 12.0. The average molecular weight is 339 g/mol. The first-order chi connectivity index (χ1) is 10.2. The van der Waals surface area contributed by atoms with Crippen molar-refractivity contribution in [2.75, 3.05) is 26.2 Å². The van der Waals surface area contributed by atoms with E-state index in [9.17, 15) is 0 Å². The maximum atomic E-state index is 7.33. The molecule has 6 heteroatoms. The highest BCUT2D eigenvalue weighted by atomic mass is 28.4. The zero-order valence-electron chi connectivity index (χ0n) is 15.2. The quantitative estimate of drug-likeness (QED) is 0.325. The third kappa shape index (κ3) is 18.1. The number of nitrogens with zero attached hydrogens (tertiary/aromatic N) is 1. The van der Waals surface area contributed by atoms with Crippen LogP contribution in [-0.2, 0) is 0 Å². The molecule has 0 radical (unpaired) electrons. The van der Waals surface area contributed by atoms with Crippen LogP contribution < -0.4 is 0 Å². The molecule has 0 heterocycles. The molecule has 4 N–H and O–H groups in total. The molecule has 5 nitrogen and oxygen atoms in total. The molecular weight excluding hydrogens is 298 g/mol.